The van der Waals surface area contributed by atoms with E-state index in [0.717, 1.165) is 6.42 Å². The average molecular weight is 185 g/mol. The number of ether oxygens (including phenoxy) is 1. The fraction of sp³-hybridized carbons (Fsp3) is 0.750. The predicted molar refractivity (Wildman–Crippen MR) is 42.0 cm³/mol. The Morgan fingerprint density at radius 1 is 1.62 bits per heavy atom. The molecule has 0 aliphatic carbocycles. The van der Waals surface area contributed by atoms with Gasteiger partial charge in [-0.05, 0) is 18.8 Å². The van der Waals surface area contributed by atoms with Crippen molar-refractivity contribution in [3.63, 3.8) is 0 Å². The number of rotatable bonds is 1. The summed E-state index contributed by atoms with van der Waals surface area (Å²) >= 11 is 0. The van der Waals surface area contributed by atoms with Crippen LogP contribution in [0.1, 0.15) is 12.8 Å². The summed E-state index contributed by atoms with van der Waals surface area (Å²) in [5.41, 5.74) is 0. The summed E-state index contributed by atoms with van der Waals surface area (Å²) in [4.78, 5) is 21.8. The van der Waals surface area contributed by atoms with Gasteiger partial charge in [0.25, 0.3) is 0 Å². The van der Waals surface area contributed by atoms with Crippen LogP contribution in [0.15, 0.2) is 0 Å². The third-order valence-electron chi connectivity index (χ3n) is 2.60. The molecule has 2 saturated heterocycles. The molecule has 0 aromatic heterocycles. The SMILES string of the molecule is O=C(O)C1CC2CCNC(=O)C2O1. The number of carbonyl (C=O) groups is 2. The molecule has 0 aromatic rings. The molecule has 0 bridgehead atoms. The molecule has 72 valence electrons. The molecule has 0 radical (unpaired) electrons. The number of fused-ring (bicyclic) bond motifs is 1. The van der Waals surface area contributed by atoms with E-state index in [4.69, 9.17) is 9.84 Å². The lowest BCUT2D eigenvalue weighted by atomic mass is 9.92. The summed E-state index contributed by atoms with van der Waals surface area (Å²) in [6, 6.07) is 0. The number of nitrogens with one attached hydrogen (secondary N) is 1. The van der Waals surface area contributed by atoms with Crippen molar-refractivity contribution in [2.45, 2.75) is 25.0 Å². The molecule has 0 spiro atoms. The van der Waals surface area contributed by atoms with E-state index in [2.05, 4.69) is 5.32 Å². The van der Waals surface area contributed by atoms with Gasteiger partial charge in [-0.1, -0.05) is 0 Å². The number of piperidine rings is 1. The average Bonchev–Trinajstić information content (AvgIpc) is 2.49. The molecule has 2 aliphatic heterocycles. The van der Waals surface area contributed by atoms with E-state index in [0.29, 0.717) is 13.0 Å². The van der Waals surface area contributed by atoms with E-state index in [1.165, 1.54) is 0 Å². The monoisotopic (exact) mass is 185 g/mol. The summed E-state index contributed by atoms with van der Waals surface area (Å²) in [5, 5.41) is 11.3. The van der Waals surface area contributed by atoms with Gasteiger partial charge in [-0.25, -0.2) is 4.79 Å². The first-order valence-electron chi connectivity index (χ1n) is 4.34. The van der Waals surface area contributed by atoms with Gasteiger partial charge in [-0.3, -0.25) is 4.79 Å². The first-order valence-corrected chi connectivity index (χ1v) is 4.34. The summed E-state index contributed by atoms with van der Waals surface area (Å²) in [7, 11) is 0. The summed E-state index contributed by atoms with van der Waals surface area (Å²) in [6.07, 6.45) is -0.0400. The molecule has 2 N–H and O–H groups in total. The van der Waals surface area contributed by atoms with Gasteiger partial charge in [-0.2, -0.15) is 0 Å². The van der Waals surface area contributed by atoms with Gasteiger partial charge >= 0.3 is 5.97 Å². The van der Waals surface area contributed by atoms with E-state index in [-0.39, 0.29) is 11.8 Å². The van der Waals surface area contributed by atoms with Crippen molar-refractivity contribution >= 4 is 11.9 Å². The van der Waals surface area contributed by atoms with Gasteiger partial charge in [0.15, 0.2) is 6.10 Å². The van der Waals surface area contributed by atoms with Gasteiger partial charge in [-0.15, -0.1) is 0 Å². The van der Waals surface area contributed by atoms with Crippen molar-refractivity contribution in [1.82, 2.24) is 5.32 Å². The number of carboxylic acids is 1. The van der Waals surface area contributed by atoms with Crippen molar-refractivity contribution in [3.8, 4) is 0 Å². The van der Waals surface area contributed by atoms with Crippen LogP contribution in [0.4, 0.5) is 0 Å². The number of hydrogen-bond acceptors (Lipinski definition) is 3. The Hall–Kier alpha value is -1.10. The number of amides is 1. The third kappa shape index (κ3) is 1.39. The van der Waals surface area contributed by atoms with Crippen LogP contribution < -0.4 is 5.32 Å². The van der Waals surface area contributed by atoms with E-state index in [1.807, 2.05) is 0 Å². The number of aliphatic carboxylic acids is 1. The normalized spacial score (nSPS) is 38.2. The second-order valence-electron chi connectivity index (χ2n) is 3.46. The van der Waals surface area contributed by atoms with E-state index in [1.54, 1.807) is 0 Å². The third-order valence-corrected chi connectivity index (χ3v) is 2.60. The van der Waals surface area contributed by atoms with Gasteiger partial charge in [0.2, 0.25) is 5.91 Å². The second-order valence-corrected chi connectivity index (χ2v) is 3.46. The fourth-order valence-corrected chi connectivity index (χ4v) is 1.93. The summed E-state index contributed by atoms with van der Waals surface area (Å²) in [5.74, 6) is -1.04. The maximum absolute atomic E-state index is 11.2. The van der Waals surface area contributed by atoms with Crippen molar-refractivity contribution < 1.29 is 19.4 Å². The second kappa shape index (κ2) is 2.99. The molecule has 2 rings (SSSR count). The first-order chi connectivity index (χ1) is 6.18. The van der Waals surface area contributed by atoms with Crippen LogP contribution in [0.25, 0.3) is 0 Å². The van der Waals surface area contributed by atoms with Gasteiger partial charge in [0.1, 0.15) is 6.10 Å². The van der Waals surface area contributed by atoms with Crippen LogP contribution in [0.2, 0.25) is 0 Å². The maximum Gasteiger partial charge on any atom is 0.332 e. The Balaban J connectivity index is 2.08. The highest BCUT2D eigenvalue weighted by atomic mass is 16.5. The Kier molecular flexibility index (Phi) is 1.95. The molecule has 2 fully saturated rings. The Morgan fingerprint density at radius 3 is 3.00 bits per heavy atom. The fourth-order valence-electron chi connectivity index (χ4n) is 1.93. The standard InChI is InChI=1S/C8H11NO4/c10-7-6-4(1-2-9-7)3-5(13-6)8(11)12/h4-6H,1-3H2,(H,9,10)(H,11,12). The molecule has 5 nitrogen and oxygen atoms in total. The highest BCUT2D eigenvalue weighted by molar-refractivity contribution is 5.83. The topological polar surface area (TPSA) is 75.6 Å². The van der Waals surface area contributed by atoms with Crippen LogP contribution in [0.3, 0.4) is 0 Å². The van der Waals surface area contributed by atoms with E-state index < -0.39 is 18.2 Å². The predicted octanol–water partition coefficient (Wildman–Crippen LogP) is -0.635. The molecule has 0 aromatic carbocycles. The molecule has 13 heavy (non-hydrogen) atoms. The van der Waals surface area contributed by atoms with Gasteiger partial charge < -0.3 is 15.2 Å². The number of hydrogen-bond donors (Lipinski definition) is 2. The van der Waals surface area contributed by atoms with Crippen molar-refractivity contribution in [2.24, 2.45) is 5.92 Å². The maximum atomic E-state index is 11.2. The zero-order valence-electron chi connectivity index (χ0n) is 7.03. The lowest BCUT2D eigenvalue weighted by Crippen LogP contribution is -2.44. The molecule has 5 heteroatoms. The number of carbonyl (C=O) groups excluding carboxylic acids is 1. The highest BCUT2D eigenvalue weighted by Crippen LogP contribution is 2.31. The minimum Gasteiger partial charge on any atom is -0.479 e. The van der Waals surface area contributed by atoms with Gasteiger partial charge in [0.05, 0.1) is 0 Å². The van der Waals surface area contributed by atoms with E-state index in [9.17, 15) is 9.59 Å². The smallest absolute Gasteiger partial charge is 0.332 e. The molecular weight excluding hydrogens is 174 g/mol. The summed E-state index contributed by atoms with van der Waals surface area (Å²) < 4.78 is 5.13. The van der Waals surface area contributed by atoms with Crippen LogP contribution in [-0.4, -0.2) is 35.7 Å². The Bertz CT molecular complexity index is 253. The van der Waals surface area contributed by atoms with Crippen LogP contribution in [0.5, 0.6) is 0 Å². The van der Waals surface area contributed by atoms with E-state index >= 15 is 0 Å². The zero-order valence-corrected chi connectivity index (χ0v) is 7.03. The van der Waals surface area contributed by atoms with Crippen molar-refractivity contribution in [3.05, 3.63) is 0 Å². The largest absolute Gasteiger partial charge is 0.479 e. The summed E-state index contributed by atoms with van der Waals surface area (Å²) in [6.45, 7) is 0.635. The molecule has 2 heterocycles. The number of carboxylic acid groups (broad SMARTS) is 1. The quantitative estimate of drug-likeness (QED) is 0.570. The lowest BCUT2D eigenvalue weighted by Gasteiger charge is -2.23. The Morgan fingerprint density at radius 2 is 2.38 bits per heavy atom. The van der Waals surface area contributed by atoms with Crippen molar-refractivity contribution in [1.29, 1.82) is 0 Å². The minimum atomic E-state index is -0.970. The van der Waals surface area contributed by atoms with Crippen LogP contribution >= 0.6 is 0 Å². The molecule has 1 amide bonds. The molecule has 3 unspecified atom stereocenters. The van der Waals surface area contributed by atoms with Gasteiger partial charge in [0, 0.05) is 6.54 Å². The Labute approximate surface area is 75.1 Å². The lowest BCUT2D eigenvalue weighted by molar-refractivity contribution is -0.152. The first kappa shape index (κ1) is 8.50. The van der Waals surface area contributed by atoms with Crippen molar-refractivity contribution in [2.75, 3.05) is 6.54 Å². The van der Waals surface area contributed by atoms with Crippen LogP contribution in [-0.2, 0) is 14.3 Å². The molecule has 3 atom stereocenters. The highest BCUT2D eigenvalue weighted by Gasteiger charge is 2.44. The molecule has 2 aliphatic rings. The molecule has 0 saturated carbocycles. The minimum absolute atomic E-state index is 0.0925. The van der Waals surface area contributed by atoms with Crippen LogP contribution in [0, 0.1) is 5.92 Å². The zero-order chi connectivity index (χ0) is 9.42. The molecular formula is C8H11NO4.